The molecule has 4 heterocycles. The van der Waals surface area contributed by atoms with E-state index in [1.807, 2.05) is 16.7 Å². The van der Waals surface area contributed by atoms with Crippen LogP contribution in [0.15, 0.2) is 53.3 Å². The van der Waals surface area contributed by atoms with Gasteiger partial charge in [0.05, 0.1) is 30.1 Å². The molecule has 1 aromatic heterocycles. The van der Waals surface area contributed by atoms with Crippen molar-refractivity contribution >= 4 is 39.8 Å². The molecule has 0 N–H and O–H groups in total. The fourth-order valence-corrected chi connectivity index (χ4v) is 8.17. The second-order valence-corrected chi connectivity index (χ2v) is 13.6. The average Bonchev–Trinajstić information content (AvgIpc) is 3.70. The number of hydrogen-bond donors (Lipinski definition) is 0. The number of halogens is 2. The zero-order valence-corrected chi connectivity index (χ0v) is 26.9. The predicted octanol–water partition coefficient (Wildman–Crippen LogP) is 4.70. The number of alkyl halides is 1. The van der Waals surface area contributed by atoms with Gasteiger partial charge < -0.3 is 19.6 Å². The maximum Gasteiger partial charge on any atom is 0.349 e. The fourth-order valence-electron chi connectivity index (χ4n) is 7.89. The van der Waals surface area contributed by atoms with Crippen molar-refractivity contribution < 1.29 is 9.18 Å². The number of likely N-dealkylation sites (N-methyl/N-ethyl adjacent to an activating group) is 1. The molecule has 2 aromatic carbocycles. The molecule has 0 bridgehead atoms. The summed E-state index contributed by atoms with van der Waals surface area (Å²) in [5.74, 6) is 0.372. The van der Waals surface area contributed by atoms with Crippen LogP contribution in [0.25, 0.3) is 10.8 Å². The molecule has 7 rings (SSSR count). The van der Waals surface area contributed by atoms with E-state index in [2.05, 4.69) is 52.1 Å². The molecule has 1 saturated carbocycles. The van der Waals surface area contributed by atoms with E-state index in [1.54, 1.807) is 4.90 Å². The summed E-state index contributed by atoms with van der Waals surface area (Å²) in [5, 5.41) is 12.4. The third-order valence-corrected chi connectivity index (χ3v) is 10.8. The van der Waals surface area contributed by atoms with Crippen molar-refractivity contribution in [1.29, 1.82) is 5.26 Å². The molecule has 46 heavy (non-hydrogen) atoms. The Hall–Kier alpha value is -3.94. The maximum absolute atomic E-state index is 14.0. The van der Waals surface area contributed by atoms with Crippen LogP contribution >= 0.6 is 11.6 Å². The minimum absolute atomic E-state index is 0.107. The topological polar surface area (TPSA) is 88.7 Å². The van der Waals surface area contributed by atoms with Gasteiger partial charge in [-0.2, -0.15) is 10.2 Å². The lowest BCUT2D eigenvalue weighted by Crippen LogP contribution is -2.56. The molecule has 0 radical (unpaired) electrons. The highest BCUT2D eigenvalue weighted by atomic mass is 35.5. The number of rotatable bonds is 7. The van der Waals surface area contributed by atoms with E-state index in [0.717, 1.165) is 66.4 Å². The molecule has 11 heteroatoms. The number of amides is 1. The van der Waals surface area contributed by atoms with Crippen LogP contribution in [0.4, 0.5) is 15.9 Å². The smallest absolute Gasteiger partial charge is 0.349 e. The van der Waals surface area contributed by atoms with Gasteiger partial charge in [0.1, 0.15) is 12.5 Å². The Balaban J connectivity index is 1.31. The van der Waals surface area contributed by atoms with E-state index < -0.39 is 12.7 Å². The van der Waals surface area contributed by atoms with Gasteiger partial charge in [0.15, 0.2) is 0 Å². The van der Waals surface area contributed by atoms with Crippen LogP contribution < -0.4 is 15.5 Å². The van der Waals surface area contributed by atoms with Gasteiger partial charge in [0.2, 0.25) is 5.91 Å². The van der Waals surface area contributed by atoms with Gasteiger partial charge in [-0.1, -0.05) is 35.9 Å². The van der Waals surface area contributed by atoms with Crippen molar-refractivity contribution in [2.75, 3.05) is 49.7 Å². The van der Waals surface area contributed by atoms with Crippen LogP contribution in [0.5, 0.6) is 0 Å². The van der Waals surface area contributed by atoms with Crippen molar-refractivity contribution in [2.24, 2.45) is 0 Å². The Bertz CT molecular complexity index is 1790. The number of piperazine rings is 1. The van der Waals surface area contributed by atoms with Crippen molar-refractivity contribution in [3.8, 4) is 6.07 Å². The summed E-state index contributed by atoms with van der Waals surface area (Å²) in [6.45, 7) is 2.66. The van der Waals surface area contributed by atoms with Crippen LogP contribution in [0.1, 0.15) is 43.4 Å². The number of hydrogen-bond acceptors (Lipinski definition) is 7. The number of likely N-dealkylation sites (tertiary alicyclic amines) is 1. The second-order valence-electron chi connectivity index (χ2n) is 13.2. The lowest BCUT2D eigenvalue weighted by atomic mass is 9.92. The summed E-state index contributed by atoms with van der Waals surface area (Å²) >= 11 is 6.83. The predicted molar refractivity (Wildman–Crippen MR) is 178 cm³/mol. The molecule has 2 atom stereocenters. The number of carbonyl (C=O) groups is 1. The molecule has 240 valence electrons. The largest absolute Gasteiger partial charge is 0.359 e. The molecule has 2 saturated heterocycles. The SMILES string of the molecule is CN1CCC[C@H]1Cn1c2c(c(N3CCN(C(=O)/C=C/CF)[C@@H](CC#N)C3)nc1=O)CC1(CC1)N(c1cccc3cccc(Cl)c13)C2. The monoisotopic (exact) mass is 643 g/mol. The molecule has 0 unspecified atom stereocenters. The van der Waals surface area contributed by atoms with Gasteiger partial charge in [-0.25, -0.2) is 9.18 Å². The first-order chi connectivity index (χ1) is 22.3. The lowest BCUT2D eigenvalue weighted by molar-refractivity contribution is -0.128. The first-order valence-electron chi connectivity index (χ1n) is 16.3. The number of nitrogens with zero attached hydrogens (tertiary/aromatic N) is 7. The highest BCUT2D eigenvalue weighted by Crippen LogP contribution is 2.53. The van der Waals surface area contributed by atoms with Crippen molar-refractivity contribution in [3.05, 3.63) is 75.3 Å². The van der Waals surface area contributed by atoms with E-state index >= 15 is 0 Å². The van der Waals surface area contributed by atoms with E-state index in [4.69, 9.17) is 16.6 Å². The number of benzene rings is 2. The standard InChI is InChI=1S/C35H39ClFN7O2/c1-40-17-5-8-25(40)22-43-30-23-44(29-10-3-7-24-6-2-9-28(36)32(24)29)35(13-14-35)20-27(30)33(39-34(43)46)41-18-19-42(26(21-41)12-16-38)31(45)11-4-15-37/h2-4,6-7,9-11,25-26H,5,8,12-15,17-23H2,1H3/b11-4+/t25-,26-/m0/s1. The summed E-state index contributed by atoms with van der Waals surface area (Å²) in [7, 11) is 2.12. The molecule has 3 aliphatic heterocycles. The molecule has 3 fully saturated rings. The molecule has 9 nitrogen and oxygen atoms in total. The number of fused-ring (bicyclic) bond motifs is 2. The van der Waals surface area contributed by atoms with E-state index in [1.165, 1.54) is 12.2 Å². The highest BCUT2D eigenvalue weighted by molar-refractivity contribution is 6.36. The first-order valence-corrected chi connectivity index (χ1v) is 16.6. The highest BCUT2D eigenvalue weighted by Gasteiger charge is 2.53. The Morgan fingerprint density at radius 2 is 1.98 bits per heavy atom. The van der Waals surface area contributed by atoms with Crippen molar-refractivity contribution in [3.63, 3.8) is 0 Å². The van der Waals surface area contributed by atoms with Crippen LogP contribution in [-0.4, -0.2) is 82.8 Å². The van der Waals surface area contributed by atoms with Gasteiger partial charge in [-0.15, -0.1) is 0 Å². The molecule has 1 spiro atoms. The van der Waals surface area contributed by atoms with Crippen LogP contribution in [-0.2, 0) is 24.3 Å². The summed E-state index contributed by atoms with van der Waals surface area (Å²) in [5.41, 5.74) is 2.79. The molecular weight excluding hydrogens is 605 g/mol. The lowest BCUT2D eigenvalue weighted by Gasteiger charge is -2.44. The molecule has 1 amide bonds. The minimum atomic E-state index is -0.721. The fraction of sp³-hybridized carbons (Fsp3) is 0.486. The average molecular weight is 644 g/mol. The summed E-state index contributed by atoms with van der Waals surface area (Å²) in [6.07, 6.45) is 7.51. The number of aromatic nitrogens is 2. The zero-order valence-electron chi connectivity index (χ0n) is 26.2. The third kappa shape index (κ3) is 5.43. The Kier molecular flexibility index (Phi) is 8.24. The number of carbonyl (C=O) groups excluding carboxylic acids is 1. The van der Waals surface area contributed by atoms with Crippen LogP contribution in [0, 0.1) is 11.3 Å². The summed E-state index contributed by atoms with van der Waals surface area (Å²) < 4.78 is 14.7. The summed E-state index contributed by atoms with van der Waals surface area (Å²) in [4.78, 5) is 40.2. The van der Waals surface area contributed by atoms with Gasteiger partial charge in [-0.05, 0) is 62.9 Å². The van der Waals surface area contributed by atoms with E-state index in [9.17, 15) is 19.2 Å². The molecule has 1 aliphatic carbocycles. The Morgan fingerprint density at radius 1 is 1.17 bits per heavy atom. The zero-order chi connectivity index (χ0) is 32.0. The van der Waals surface area contributed by atoms with Crippen molar-refractivity contribution in [1.82, 2.24) is 19.4 Å². The maximum atomic E-state index is 14.0. The normalized spacial score (nSPS) is 22.5. The summed E-state index contributed by atoms with van der Waals surface area (Å²) in [6, 6.07) is 14.4. The number of allylic oxidation sites excluding steroid dienone is 1. The molecular formula is C35H39ClFN7O2. The van der Waals surface area contributed by atoms with Crippen molar-refractivity contribution in [2.45, 2.75) is 69.2 Å². The first kappa shape index (κ1) is 30.7. The quantitative estimate of drug-likeness (QED) is 0.345. The third-order valence-electron chi connectivity index (χ3n) is 10.5. The molecule has 3 aromatic rings. The van der Waals surface area contributed by atoms with E-state index in [-0.39, 0.29) is 29.6 Å². The van der Waals surface area contributed by atoms with E-state index in [0.29, 0.717) is 43.6 Å². The second kappa shape index (κ2) is 12.3. The Morgan fingerprint density at radius 3 is 2.70 bits per heavy atom. The van der Waals surface area contributed by atoms with Gasteiger partial charge in [0.25, 0.3) is 0 Å². The van der Waals surface area contributed by atoms with Gasteiger partial charge >= 0.3 is 5.69 Å². The minimum Gasteiger partial charge on any atom is -0.359 e. The van der Waals surface area contributed by atoms with Crippen LogP contribution in [0.3, 0.4) is 0 Å². The van der Waals surface area contributed by atoms with Gasteiger partial charge in [0, 0.05) is 72.6 Å². The number of anilines is 2. The van der Waals surface area contributed by atoms with Crippen LogP contribution in [0.2, 0.25) is 5.02 Å². The molecule has 4 aliphatic rings. The Labute approximate surface area is 273 Å². The number of nitriles is 1. The van der Waals surface area contributed by atoms with Gasteiger partial charge in [-0.3, -0.25) is 9.36 Å².